The van der Waals surface area contributed by atoms with Crippen LogP contribution < -0.4 is 10.5 Å². The van der Waals surface area contributed by atoms with Gasteiger partial charge in [-0.1, -0.05) is 17.7 Å². The molecule has 0 bridgehead atoms. The van der Waals surface area contributed by atoms with Crippen LogP contribution >= 0.6 is 11.8 Å². The van der Waals surface area contributed by atoms with Crippen molar-refractivity contribution < 1.29 is 13.2 Å². The number of sulfonamides is 1. The Kier molecular flexibility index (Phi) is 7.30. The lowest BCUT2D eigenvalue weighted by Gasteiger charge is -2.33. The van der Waals surface area contributed by atoms with Crippen LogP contribution in [0.5, 0.6) is 0 Å². The third-order valence-corrected chi connectivity index (χ3v) is 6.52. The van der Waals surface area contributed by atoms with Gasteiger partial charge in [-0.25, -0.2) is 8.42 Å². The van der Waals surface area contributed by atoms with Crippen LogP contribution in [0.4, 0.5) is 0 Å². The van der Waals surface area contributed by atoms with Crippen molar-refractivity contribution in [1.29, 1.82) is 0 Å². The highest BCUT2D eigenvalue weighted by atomic mass is 32.2. The summed E-state index contributed by atoms with van der Waals surface area (Å²) in [5, 5.41) is 0. The number of hydrogen-bond donors (Lipinski definition) is 2. The molecule has 1 aromatic rings. The molecule has 1 atom stereocenters. The molecule has 1 fully saturated rings. The lowest BCUT2D eigenvalue weighted by Crippen LogP contribution is -2.52. The van der Waals surface area contributed by atoms with E-state index in [1.165, 1.54) is 0 Å². The van der Waals surface area contributed by atoms with Crippen molar-refractivity contribution in [2.75, 3.05) is 25.1 Å². The van der Waals surface area contributed by atoms with Crippen molar-refractivity contribution in [3.8, 4) is 0 Å². The number of nitrogens with one attached hydrogen (secondary N) is 1. The Morgan fingerprint density at radius 3 is 2.48 bits per heavy atom. The molecule has 1 heterocycles. The number of piperidine rings is 1. The monoisotopic (exact) mass is 385 g/mol. The summed E-state index contributed by atoms with van der Waals surface area (Å²) in [6.07, 6.45) is 3.92. The van der Waals surface area contributed by atoms with Gasteiger partial charge in [0.2, 0.25) is 15.9 Å². The highest BCUT2D eigenvalue weighted by Gasteiger charge is 2.30. The van der Waals surface area contributed by atoms with Gasteiger partial charge in [0.05, 0.1) is 4.90 Å². The van der Waals surface area contributed by atoms with Crippen LogP contribution in [0, 0.1) is 6.92 Å². The molecule has 0 aliphatic carbocycles. The minimum Gasteiger partial charge on any atom is -0.341 e. The summed E-state index contributed by atoms with van der Waals surface area (Å²) >= 11 is 1.59. The van der Waals surface area contributed by atoms with Crippen LogP contribution in [-0.2, 0) is 14.8 Å². The number of rotatable bonds is 7. The van der Waals surface area contributed by atoms with Gasteiger partial charge < -0.3 is 10.6 Å². The van der Waals surface area contributed by atoms with Crippen molar-refractivity contribution >= 4 is 27.7 Å². The third-order valence-electron chi connectivity index (χ3n) is 4.39. The first-order chi connectivity index (χ1) is 11.8. The molecular weight excluding hydrogens is 358 g/mol. The molecule has 1 saturated heterocycles. The van der Waals surface area contributed by atoms with E-state index in [2.05, 4.69) is 4.72 Å². The Labute approximate surface area is 154 Å². The predicted octanol–water partition coefficient (Wildman–Crippen LogP) is 1.34. The molecule has 6 nitrogen and oxygen atoms in total. The molecule has 1 amide bonds. The number of amides is 1. The van der Waals surface area contributed by atoms with E-state index in [0.717, 1.165) is 18.4 Å². The second kappa shape index (κ2) is 9.02. The normalized spacial score (nSPS) is 17.5. The van der Waals surface area contributed by atoms with Crippen LogP contribution in [0.3, 0.4) is 0 Å². The Hall–Kier alpha value is -1.09. The second-order valence-electron chi connectivity index (χ2n) is 6.43. The van der Waals surface area contributed by atoms with Gasteiger partial charge in [-0.05, 0) is 50.3 Å². The Morgan fingerprint density at radius 1 is 1.32 bits per heavy atom. The second-order valence-corrected chi connectivity index (χ2v) is 9.13. The molecular formula is C17H27N3O3S2. The van der Waals surface area contributed by atoms with Crippen molar-refractivity contribution in [2.45, 2.75) is 43.2 Å². The summed E-state index contributed by atoms with van der Waals surface area (Å²) in [6, 6.07) is 6.01. The van der Waals surface area contributed by atoms with Gasteiger partial charge in [0, 0.05) is 19.1 Å². The summed E-state index contributed by atoms with van der Waals surface area (Å²) in [5.74, 6) is 0.553. The molecule has 1 aliphatic heterocycles. The van der Waals surface area contributed by atoms with E-state index in [1.807, 2.05) is 13.2 Å². The van der Waals surface area contributed by atoms with Crippen molar-refractivity contribution in [3.63, 3.8) is 0 Å². The standard InChI is InChI=1S/C17H27N3O3S2/c1-13-3-5-15(6-4-13)25(22,23)19-16(9-12-24-2)17(21)20-10-7-14(18)8-11-20/h3-6,14,16,19H,7-12,18H2,1-2H3. The number of likely N-dealkylation sites (tertiary alicyclic amines) is 1. The van der Waals surface area contributed by atoms with Gasteiger partial charge in [0.1, 0.15) is 6.04 Å². The zero-order valence-electron chi connectivity index (χ0n) is 14.8. The minimum atomic E-state index is -3.73. The maximum Gasteiger partial charge on any atom is 0.241 e. The average Bonchev–Trinajstić information content (AvgIpc) is 2.59. The zero-order valence-corrected chi connectivity index (χ0v) is 16.4. The Balaban J connectivity index is 2.13. The highest BCUT2D eigenvalue weighted by molar-refractivity contribution is 7.98. The van der Waals surface area contributed by atoms with Crippen LogP contribution in [0.25, 0.3) is 0 Å². The van der Waals surface area contributed by atoms with Gasteiger partial charge in [0.25, 0.3) is 0 Å². The first-order valence-corrected chi connectivity index (χ1v) is 11.3. The predicted molar refractivity (Wildman–Crippen MR) is 102 cm³/mol. The summed E-state index contributed by atoms with van der Waals surface area (Å²) in [7, 11) is -3.73. The number of aryl methyl sites for hydroxylation is 1. The number of thioether (sulfide) groups is 1. The molecule has 140 valence electrons. The Morgan fingerprint density at radius 2 is 1.92 bits per heavy atom. The molecule has 0 saturated carbocycles. The topological polar surface area (TPSA) is 92.5 Å². The molecule has 3 N–H and O–H groups in total. The smallest absolute Gasteiger partial charge is 0.241 e. The summed E-state index contributed by atoms with van der Waals surface area (Å²) in [6.45, 7) is 3.07. The maximum atomic E-state index is 12.8. The van der Waals surface area contributed by atoms with E-state index in [0.29, 0.717) is 25.3 Å². The van der Waals surface area contributed by atoms with Crippen molar-refractivity contribution in [1.82, 2.24) is 9.62 Å². The van der Waals surface area contributed by atoms with E-state index >= 15 is 0 Å². The van der Waals surface area contributed by atoms with Gasteiger partial charge >= 0.3 is 0 Å². The molecule has 0 aromatic heterocycles. The Bertz CT molecular complexity index is 669. The van der Waals surface area contributed by atoms with Crippen LogP contribution in [0.15, 0.2) is 29.2 Å². The van der Waals surface area contributed by atoms with Crippen LogP contribution in [0.1, 0.15) is 24.8 Å². The fourth-order valence-corrected chi connectivity index (χ4v) is 4.48. The van der Waals surface area contributed by atoms with Gasteiger partial charge in [-0.15, -0.1) is 0 Å². The molecule has 2 rings (SSSR count). The summed E-state index contributed by atoms with van der Waals surface area (Å²) in [5.41, 5.74) is 6.88. The number of nitrogens with two attached hydrogens (primary N) is 1. The van der Waals surface area contributed by atoms with E-state index in [4.69, 9.17) is 5.73 Å². The fourth-order valence-electron chi connectivity index (χ4n) is 2.78. The number of benzene rings is 1. The molecule has 8 heteroatoms. The quantitative estimate of drug-likeness (QED) is 0.739. The zero-order chi connectivity index (χ0) is 18.4. The lowest BCUT2D eigenvalue weighted by molar-refractivity contribution is -0.134. The first kappa shape index (κ1) is 20.2. The molecule has 1 unspecified atom stereocenters. The number of hydrogen-bond acceptors (Lipinski definition) is 5. The van der Waals surface area contributed by atoms with E-state index in [9.17, 15) is 13.2 Å². The number of nitrogens with zero attached hydrogens (tertiary/aromatic N) is 1. The van der Waals surface area contributed by atoms with Gasteiger partial charge in [0.15, 0.2) is 0 Å². The maximum absolute atomic E-state index is 12.8. The largest absolute Gasteiger partial charge is 0.341 e. The number of carbonyl (C=O) groups excluding carboxylic acids is 1. The van der Waals surface area contributed by atoms with E-state index < -0.39 is 16.1 Å². The average molecular weight is 386 g/mol. The lowest BCUT2D eigenvalue weighted by atomic mass is 10.0. The van der Waals surface area contributed by atoms with Crippen molar-refractivity contribution in [2.24, 2.45) is 5.73 Å². The molecule has 1 aliphatic rings. The summed E-state index contributed by atoms with van der Waals surface area (Å²) in [4.78, 5) is 14.7. The van der Waals surface area contributed by atoms with Crippen LogP contribution in [0.2, 0.25) is 0 Å². The molecule has 0 radical (unpaired) electrons. The van der Waals surface area contributed by atoms with Gasteiger partial charge in [-0.2, -0.15) is 16.5 Å². The summed E-state index contributed by atoms with van der Waals surface area (Å²) < 4.78 is 27.9. The molecule has 0 spiro atoms. The highest BCUT2D eigenvalue weighted by Crippen LogP contribution is 2.15. The minimum absolute atomic E-state index is 0.123. The first-order valence-electron chi connectivity index (χ1n) is 8.46. The molecule has 1 aromatic carbocycles. The van der Waals surface area contributed by atoms with E-state index in [-0.39, 0.29) is 16.8 Å². The van der Waals surface area contributed by atoms with Crippen molar-refractivity contribution in [3.05, 3.63) is 29.8 Å². The number of carbonyl (C=O) groups is 1. The van der Waals surface area contributed by atoms with E-state index in [1.54, 1.807) is 40.9 Å². The van der Waals surface area contributed by atoms with Gasteiger partial charge in [-0.3, -0.25) is 4.79 Å². The van der Waals surface area contributed by atoms with Crippen LogP contribution in [-0.4, -0.2) is 56.4 Å². The SMILES string of the molecule is CSCCC(NS(=O)(=O)c1ccc(C)cc1)C(=O)N1CCC(N)CC1. The molecule has 25 heavy (non-hydrogen) atoms. The fraction of sp³-hybridized carbons (Fsp3) is 0.588. The third kappa shape index (κ3) is 5.70.